The van der Waals surface area contributed by atoms with Crippen LogP contribution in [0.15, 0.2) is 102 Å². The first-order valence-electron chi connectivity index (χ1n) is 19.2. The summed E-state index contributed by atoms with van der Waals surface area (Å²) in [5.41, 5.74) is 13.2. The molecule has 48 heavy (non-hydrogen) atoms. The monoisotopic (exact) mass is 641 g/mol. The first-order valence-corrected chi connectivity index (χ1v) is 19.2. The van der Waals surface area contributed by atoms with Crippen molar-refractivity contribution in [3.63, 3.8) is 0 Å². The van der Waals surface area contributed by atoms with Crippen molar-refractivity contribution < 1.29 is 4.70 Å². The van der Waals surface area contributed by atoms with E-state index in [1.165, 1.54) is 114 Å². The van der Waals surface area contributed by atoms with Crippen LogP contribution < -0.4 is 0 Å². The van der Waals surface area contributed by atoms with E-state index in [-0.39, 0.29) is 0 Å². The maximum absolute atomic E-state index is 5.32. The summed E-state index contributed by atoms with van der Waals surface area (Å²) < 4.78 is 2.23. The van der Waals surface area contributed by atoms with Crippen LogP contribution in [-0.2, 0) is 19.3 Å². The molecular weight excluding hydrogens is 581 g/mol. The highest BCUT2D eigenvalue weighted by atomic mass is 15.3. The van der Waals surface area contributed by atoms with Gasteiger partial charge in [0.2, 0.25) is 5.70 Å². The van der Waals surface area contributed by atoms with E-state index in [0.29, 0.717) is 0 Å². The number of azo groups is 2. The second-order valence-electron chi connectivity index (χ2n) is 13.3. The SMILES string of the molecule is CCCCCCCCc1cc(C=C(CC)[N+](CC)=Nc2cc(CCCCCC)cc(-c3ccccc3)c2)cc(CC)c1-c1ccccc1. The molecule has 4 aromatic carbocycles. The van der Waals surface area contributed by atoms with Gasteiger partial charge < -0.3 is 0 Å². The molecule has 0 unspecified atom stereocenters. The van der Waals surface area contributed by atoms with E-state index < -0.39 is 0 Å². The van der Waals surface area contributed by atoms with Gasteiger partial charge >= 0.3 is 0 Å². The third kappa shape index (κ3) is 11.1. The molecule has 0 aliphatic carbocycles. The van der Waals surface area contributed by atoms with Gasteiger partial charge in [-0.3, -0.25) is 0 Å². The largest absolute Gasteiger partial charge is 0.208 e. The Kier molecular flexibility index (Phi) is 15.9. The molecular formula is C46H61N2+. The van der Waals surface area contributed by atoms with Crippen molar-refractivity contribution in [2.24, 2.45) is 5.11 Å². The number of rotatable bonds is 20. The van der Waals surface area contributed by atoms with E-state index in [9.17, 15) is 0 Å². The molecule has 0 spiro atoms. The number of benzene rings is 4. The van der Waals surface area contributed by atoms with Crippen LogP contribution in [0.4, 0.5) is 5.69 Å². The minimum absolute atomic E-state index is 0.828. The van der Waals surface area contributed by atoms with E-state index in [1.807, 2.05) is 0 Å². The van der Waals surface area contributed by atoms with E-state index in [1.54, 1.807) is 0 Å². The highest BCUT2D eigenvalue weighted by molar-refractivity contribution is 5.74. The minimum Gasteiger partial charge on any atom is -0.0882 e. The van der Waals surface area contributed by atoms with Gasteiger partial charge in [0.1, 0.15) is 5.69 Å². The molecule has 0 fully saturated rings. The van der Waals surface area contributed by atoms with Gasteiger partial charge in [-0.05, 0) is 101 Å². The van der Waals surface area contributed by atoms with Crippen LogP contribution in [-0.4, -0.2) is 11.2 Å². The molecule has 0 aliphatic rings. The zero-order valence-electron chi connectivity index (χ0n) is 30.7. The summed E-state index contributed by atoms with van der Waals surface area (Å²) in [6, 6.07) is 33.7. The third-order valence-electron chi connectivity index (χ3n) is 9.53. The van der Waals surface area contributed by atoms with Gasteiger partial charge in [0.05, 0.1) is 0 Å². The van der Waals surface area contributed by atoms with Crippen LogP contribution in [0.2, 0.25) is 0 Å². The van der Waals surface area contributed by atoms with Gasteiger partial charge in [0.15, 0.2) is 6.54 Å². The maximum Gasteiger partial charge on any atom is 0.208 e. The molecule has 2 nitrogen and oxygen atoms in total. The molecule has 0 aromatic heterocycles. The van der Waals surface area contributed by atoms with Crippen LogP contribution in [0.1, 0.15) is 128 Å². The van der Waals surface area contributed by atoms with Gasteiger partial charge in [-0.1, -0.05) is 163 Å². The van der Waals surface area contributed by atoms with E-state index in [4.69, 9.17) is 5.11 Å². The molecule has 0 heterocycles. The summed E-state index contributed by atoms with van der Waals surface area (Å²) in [6.45, 7) is 12.2. The predicted molar refractivity (Wildman–Crippen MR) is 209 cm³/mol. The lowest BCUT2D eigenvalue weighted by Gasteiger charge is -2.17. The number of aryl methyl sites for hydroxylation is 3. The number of unbranched alkanes of at least 4 members (excludes halogenated alkanes) is 8. The van der Waals surface area contributed by atoms with Gasteiger partial charge in [0.25, 0.3) is 0 Å². The highest BCUT2D eigenvalue weighted by Crippen LogP contribution is 2.33. The predicted octanol–water partition coefficient (Wildman–Crippen LogP) is 14.2. The molecule has 0 saturated heterocycles. The number of hydrogen-bond donors (Lipinski definition) is 0. The van der Waals surface area contributed by atoms with Crippen molar-refractivity contribution in [1.82, 2.24) is 0 Å². The molecule has 0 atom stereocenters. The fraction of sp³-hybridized carbons (Fsp3) is 0.435. The van der Waals surface area contributed by atoms with E-state index in [0.717, 1.165) is 37.9 Å². The van der Waals surface area contributed by atoms with Crippen molar-refractivity contribution in [3.05, 3.63) is 119 Å². The fourth-order valence-electron chi connectivity index (χ4n) is 6.88. The maximum atomic E-state index is 5.32. The van der Waals surface area contributed by atoms with Crippen molar-refractivity contribution in [3.8, 4) is 22.3 Å². The lowest BCUT2D eigenvalue weighted by molar-refractivity contribution is -0.539. The fourth-order valence-corrected chi connectivity index (χ4v) is 6.88. The van der Waals surface area contributed by atoms with Crippen LogP contribution in [0, 0.1) is 0 Å². The first-order chi connectivity index (χ1) is 23.6. The quantitative estimate of drug-likeness (QED) is 0.0518. The van der Waals surface area contributed by atoms with Crippen LogP contribution >= 0.6 is 0 Å². The number of hydrogen-bond acceptors (Lipinski definition) is 1. The molecule has 4 rings (SSSR count). The first kappa shape index (κ1) is 37.0. The topological polar surface area (TPSA) is 15.4 Å². The minimum atomic E-state index is 0.828. The van der Waals surface area contributed by atoms with E-state index >= 15 is 0 Å². The number of nitrogens with zero attached hydrogens (tertiary/aromatic N) is 2. The van der Waals surface area contributed by atoms with Gasteiger partial charge in [-0.25, -0.2) is 0 Å². The standard InChI is InChI=1S/C46H61N2/c1-6-11-13-15-16-20-30-42-33-38(32-39(8-3)46(42)41-28-23-18-24-29-41)35-45(9-4)48(10-5)47-44-34-37(25-19-14-12-7-2)31-43(36-44)40-26-21-17-22-27-40/h17-18,21-24,26-29,31-36H,6-16,19-20,25,30H2,1-5H3/q+1. The normalized spacial score (nSPS) is 12.1. The van der Waals surface area contributed by atoms with Crippen molar-refractivity contribution in [2.45, 2.75) is 125 Å². The second-order valence-corrected chi connectivity index (χ2v) is 13.3. The summed E-state index contributed by atoms with van der Waals surface area (Å²) in [4.78, 5) is 0. The summed E-state index contributed by atoms with van der Waals surface area (Å²) >= 11 is 0. The molecule has 254 valence electrons. The lowest BCUT2D eigenvalue weighted by atomic mass is 9.88. The Bertz CT molecular complexity index is 1580. The Morgan fingerprint density at radius 3 is 1.83 bits per heavy atom. The van der Waals surface area contributed by atoms with Gasteiger partial charge in [-0.2, -0.15) is 0 Å². The van der Waals surface area contributed by atoms with Crippen LogP contribution in [0.3, 0.4) is 0 Å². The molecule has 0 radical (unpaired) electrons. The second kappa shape index (κ2) is 20.6. The average molecular weight is 642 g/mol. The Labute approximate surface area is 293 Å². The zero-order chi connectivity index (χ0) is 34.0. The Hall–Kier alpha value is -3.78. The van der Waals surface area contributed by atoms with Crippen molar-refractivity contribution in [2.75, 3.05) is 6.54 Å². The Morgan fingerprint density at radius 2 is 1.19 bits per heavy atom. The molecule has 0 saturated carbocycles. The average Bonchev–Trinajstić information content (AvgIpc) is 3.13. The lowest BCUT2D eigenvalue weighted by Crippen LogP contribution is -2.08. The smallest absolute Gasteiger partial charge is 0.0882 e. The Morgan fingerprint density at radius 1 is 0.583 bits per heavy atom. The summed E-state index contributed by atoms with van der Waals surface area (Å²) in [7, 11) is 0. The highest BCUT2D eigenvalue weighted by Gasteiger charge is 2.17. The molecule has 0 amide bonds. The summed E-state index contributed by atoms with van der Waals surface area (Å²) in [5, 5.41) is 5.32. The third-order valence-corrected chi connectivity index (χ3v) is 9.53. The van der Waals surface area contributed by atoms with Crippen LogP contribution in [0.5, 0.6) is 0 Å². The van der Waals surface area contributed by atoms with E-state index in [2.05, 4.69) is 136 Å². The summed E-state index contributed by atoms with van der Waals surface area (Å²) in [6.07, 6.45) is 19.5. The molecule has 0 bridgehead atoms. The molecule has 0 N–H and O–H groups in total. The van der Waals surface area contributed by atoms with Crippen molar-refractivity contribution >= 4 is 11.8 Å². The molecule has 2 heteroatoms. The Balaban J connectivity index is 1.71. The van der Waals surface area contributed by atoms with Gasteiger partial charge in [-0.15, -0.1) is 0 Å². The van der Waals surface area contributed by atoms with Crippen LogP contribution in [0.25, 0.3) is 28.3 Å². The van der Waals surface area contributed by atoms with Gasteiger partial charge in [0, 0.05) is 12.5 Å². The zero-order valence-corrected chi connectivity index (χ0v) is 30.7. The molecule has 4 aromatic rings. The summed E-state index contributed by atoms with van der Waals surface area (Å²) in [5.74, 6) is 0. The molecule has 0 aliphatic heterocycles. The number of allylic oxidation sites excluding steroid dienone is 1. The van der Waals surface area contributed by atoms with Crippen molar-refractivity contribution in [1.29, 1.82) is 0 Å².